The van der Waals surface area contributed by atoms with Crippen molar-refractivity contribution < 1.29 is 28.9 Å². The minimum absolute atomic E-state index is 0.245. The van der Waals surface area contributed by atoms with Crippen LogP contribution in [0.5, 0.6) is 0 Å². The van der Waals surface area contributed by atoms with E-state index in [2.05, 4.69) is 4.98 Å². The van der Waals surface area contributed by atoms with Crippen LogP contribution in [0.4, 0.5) is 0 Å². The highest BCUT2D eigenvalue weighted by molar-refractivity contribution is 5.90. The lowest BCUT2D eigenvalue weighted by atomic mass is 10.1. The fourth-order valence-electron chi connectivity index (χ4n) is 3.44. The number of aromatic nitrogens is 2. The quantitative estimate of drug-likeness (QED) is 0.526. The Kier molecular flexibility index (Phi) is 6.48. The average molecular weight is 452 g/mol. The van der Waals surface area contributed by atoms with E-state index < -0.39 is 47.7 Å². The monoisotopic (exact) mass is 452 g/mol. The third-order valence-corrected chi connectivity index (χ3v) is 5.08. The van der Waals surface area contributed by atoms with Crippen LogP contribution in [0.1, 0.15) is 26.9 Å². The number of ether oxygens (including phenoxy) is 3. The van der Waals surface area contributed by atoms with Gasteiger partial charge < -0.3 is 19.3 Å². The van der Waals surface area contributed by atoms with Crippen molar-refractivity contribution in [3.05, 3.63) is 105 Å². The molecule has 0 amide bonds. The zero-order valence-corrected chi connectivity index (χ0v) is 17.2. The minimum Gasteiger partial charge on any atom is -0.459 e. The third-order valence-electron chi connectivity index (χ3n) is 5.08. The van der Waals surface area contributed by atoms with Gasteiger partial charge in [-0.2, -0.15) is 0 Å². The molecule has 2 aromatic carbocycles. The summed E-state index contributed by atoms with van der Waals surface area (Å²) in [6.45, 7) is -0.355. The van der Waals surface area contributed by atoms with Gasteiger partial charge in [-0.1, -0.05) is 36.4 Å². The van der Waals surface area contributed by atoms with Crippen LogP contribution in [-0.2, 0) is 14.2 Å². The highest BCUT2D eigenvalue weighted by Crippen LogP contribution is 2.31. The van der Waals surface area contributed by atoms with Gasteiger partial charge in [0.1, 0.15) is 18.8 Å². The molecular weight excluding hydrogens is 432 g/mol. The molecule has 4 atom stereocenters. The van der Waals surface area contributed by atoms with Crippen molar-refractivity contribution in [1.29, 1.82) is 0 Å². The summed E-state index contributed by atoms with van der Waals surface area (Å²) in [5, 5.41) is 10.8. The predicted octanol–water partition coefficient (Wildman–Crippen LogP) is 0.878. The number of nitrogens with one attached hydrogen (secondary N) is 1. The standard InChI is InChI=1S/C23H20N2O8/c26-17-11-12-25(23(30)24-17)20-18(27)19(33-22(29)15-9-5-2-6-10-15)16(32-20)13-31-21(28)14-7-3-1-4-8-14/h1-12,16,18-20,27H,13H2,(H,24,26,30)/t16-,18-,19+,20-/m0/s1. The fourth-order valence-corrected chi connectivity index (χ4v) is 3.44. The van der Waals surface area contributed by atoms with Gasteiger partial charge in [0.05, 0.1) is 11.1 Å². The largest absolute Gasteiger partial charge is 0.459 e. The molecule has 2 N–H and O–H groups in total. The van der Waals surface area contributed by atoms with Gasteiger partial charge in [-0.25, -0.2) is 14.4 Å². The van der Waals surface area contributed by atoms with Crippen molar-refractivity contribution in [1.82, 2.24) is 9.55 Å². The molecule has 1 aromatic heterocycles. The van der Waals surface area contributed by atoms with Gasteiger partial charge in [0, 0.05) is 12.3 Å². The van der Waals surface area contributed by atoms with Crippen LogP contribution in [0.3, 0.4) is 0 Å². The van der Waals surface area contributed by atoms with Crippen LogP contribution in [0.25, 0.3) is 0 Å². The molecule has 0 unspecified atom stereocenters. The molecule has 0 saturated carbocycles. The van der Waals surface area contributed by atoms with Gasteiger partial charge in [-0.05, 0) is 24.3 Å². The van der Waals surface area contributed by atoms with E-state index in [0.29, 0.717) is 5.56 Å². The second kappa shape index (κ2) is 9.63. The Hall–Kier alpha value is -4.02. The Morgan fingerprint density at radius 1 is 0.939 bits per heavy atom. The van der Waals surface area contributed by atoms with E-state index in [1.54, 1.807) is 60.7 Å². The van der Waals surface area contributed by atoms with Crippen LogP contribution >= 0.6 is 0 Å². The second-order valence-corrected chi connectivity index (χ2v) is 7.27. The van der Waals surface area contributed by atoms with Crippen LogP contribution in [-0.4, -0.2) is 51.5 Å². The topological polar surface area (TPSA) is 137 Å². The Morgan fingerprint density at radius 3 is 2.15 bits per heavy atom. The maximum Gasteiger partial charge on any atom is 0.338 e. The normalized spacial score (nSPS) is 22.0. The first-order valence-electron chi connectivity index (χ1n) is 10.1. The first-order valence-corrected chi connectivity index (χ1v) is 10.1. The van der Waals surface area contributed by atoms with E-state index in [-0.39, 0.29) is 12.2 Å². The second-order valence-electron chi connectivity index (χ2n) is 7.27. The summed E-state index contributed by atoms with van der Waals surface area (Å²) < 4.78 is 17.5. The van der Waals surface area contributed by atoms with Crippen LogP contribution in [0.2, 0.25) is 0 Å². The number of aromatic amines is 1. The molecule has 0 aliphatic carbocycles. The highest BCUT2D eigenvalue weighted by Gasteiger charge is 2.48. The number of carbonyl (C=O) groups is 2. The number of carbonyl (C=O) groups excluding carboxylic acids is 2. The number of esters is 2. The van der Waals surface area contributed by atoms with Gasteiger partial charge in [-0.15, -0.1) is 0 Å². The maximum absolute atomic E-state index is 12.6. The van der Waals surface area contributed by atoms with E-state index in [9.17, 15) is 24.3 Å². The Bertz CT molecular complexity index is 1240. The summed E-state index contributed by atoms with van der Waals surface area (Å²) in [6, 6.07) is 17.5. The summed E-state index contributed by atoms with van der Waals surface area (Å²) in [6.07, 6.45) is -3.96. The molecule has 0 radical (unpaired) electrons. The van der Waals surface area contributed by atoms with E-state index in [1.165, 1.54) is 0 Å². The van der Waals surface area contributed by atoms with Crippen molar-refractivity contribution in [2.45, 2.75) is 24.5 Å². The maximum atomic E-state index is 12.6. The Morgan fingerprint density at radius 2 is 1.55 bits per heavy atom. The van der Waals surface area contributed by atoms with Crippen molar-refractivity contribution in [3.63, 3.8) is 0 Å². The number of aliphatic hydroxyl groups is 1. The third kappa shape index (κ3) is 4.92. The molecule has 3 aromatic rings. The SMILES string of the molecule is O=C(OC[C@@H]1O[C@H](n2ccc(=O)[nH]c2=O)[C@@H](O)[C@@H]1OC(=O)c1ccccc1)c1ccccc1. The summed E-state index contributed by atoms with van der Waals surface area (Å²) in [5.41, 5.74) is -0.887. The van der Waals surface area contributed by atoms with E-state index in [1.807, 2.05) is 0 Å². The molecule has 10 nitrogen and oxygen atoms in total. The van der Waals surface area contributed by atoms with Crippen molar-refractivity contribution in [2.75, 3.05) is 6.61 Å². The smallest absolute Gasteiger partial charge is 0.338 e. The molecule has 10 heteroatoms. The van der Waals surface area contributed by atoms with E-state index >= 15 is 0 Å². The average Bonchev–Trinajstić information content (AvgIpc) is 3.13. The Labute approximate surface area is 187 Å². The Balaban J connectivity index is 1.56. The van der Waals surface area contributed by atoms with Crippen molar-refractivity contribution >= 4 is 11.9 Å². The van der Waals surface area contributed by atoms with E-state index in [0.717, 1.165) is 16.8 Å². The van der Waals surface area contributed by atoms with E-state index in [4.69, 9.17) is 14.2 Å². The zero-order chi connectivity index (χ0) is 23.4. The molecule has 1 saturated heterocycles. The molecule has 2 heterocycles. The summed E-state index contributed by atoms with van der Waals surface area (Å²) in [5.74, 6) is -1.36. The fraction of sp³-hybridized carbons (Fsp3) is 0.217. The summed E-state index contributed by atoms with van der Waals surface area (Å²) >= 11 is 0. The van der Waals surface area contributed by atoms with Crippen molar-refractivity contribution in [3.8, 4) is 0 Å². The lowest BCUT2D eigenvalue weighted by Crippen LogP contribution is -2.40. The number of aliphatic hydroxyl groups excluding tert-OH is 1. The first kappa shape index (κ1) is 22.2. The molecule has 4 rings (SSSR count). The molecule has 1 aliphatic rings. The van der Waals surface area contributed by atoms with Crippen LogP contribution < -0.4 is 11.2 Å². The molecule has 0 bridgehead atoms. The first-order chi connectivity index (χ1) is 15.9. The highest BCUT2D eigenvalue weighted by atomic mass is 16.6. The number of nitrogens with zero attached hydrogens (tertiary/aromatic N) is 1. The molecule has 1 fully saturated rings. The van der Waals surface area contributed by atoms with Gasteiger partial charge >= 0.3 is 17.6 Å². The lowest BCUT2D eigenvalue weighted by molar-refractivity contribution is -0.0614. The number of hydrogen-bond donors (Lipinski definition) is 2. The van der Waals surface area contributed by atoms with Gasteiger partial charge in [-0.3, -0.25) is 14.3 Å². The van der Waals surface area contributed by atoms with Crippen molar-refractivity contribution in [2.24, 2.45) is 0 Å². The van der Waals surface area contributed by atoms with Gasteiger partial charge in [0.2, 0.25) is 0 Å². The minimum atomic E-state index is -1.48. The van der Waals surface area contributed by atoms with Crippen LogP contribution in [0, 0.1) is 0 Å². The predicted molar refractivity (Wildman–Crippen MR) is 114 cm³/mol. The lowest BCUT2D eigenvalue weighted by Gasteiger charge is -2.20. The zero-order valence-electron chi connectivity index (χ0n) is 17.2. The van der Waals surface area contributed by atoms with Gasteiger partial charge in [0.25, 0.3) is 5.56 Å². The molecule has 1 aliphatic heterocycles. The summed E-state index contributed by atoms with van der Waals surface area (Å²) in [4.78, 5) is 50.6. The number of benzene rings is 2. The van der Waals surface area contributed by atoms with Crippen LogP contribution in [0.15, 0.2) is 82.5 Å². The number of H-pyrrole nitrogens is 1. The molecule has 0 spiro atoms. The number of rotatable bonds is 6. The molecule has 33 heavy (non-hydrogen) atoms. The van der Waals surface area contributed by atoms with Gasteiger partial charge in [0.15, 0.2) is 12.3 Å². The number of hydrogen-bond acceptors (Lipinski definition) is 8. The molecular formula is C23H20N2O8. The molecule has 170 valence electrons. The summed E-state index contributed by atoms with van der Waals surface area (Å²) in [7, 11) is 0.